The van der Waals surface area contributed by atoms with E-state index in [-0.39, 0.29) is 37.5 Å². The Morgan fingerprint density at radius 2 is 0.757 bits per heavy atom. The van der Waals surface area contributed by atoms with Crippen LogP contribution in [0.1, 0.15) is 88.3 Å². The maximum atomic E-state index is 11.6. The van der Waals surface area contributed by atoms with E-state index in [1.807, 2.05) is 71.9 Å². The van der Waals surface area contributed by atoms with Gasteiger partial charge in [-0.3, -0.25) is 0 Å². The maximum absolute atomic E-state index is 11.6. The zero-order chi connectivity index (χ0) is 52.7. The average molecular weight is 1080 g/mol. The number of aryl methyl sites for hydroxylation is 8. The number of alkyl halides is 2. The Hall–Kier alpha value is -6.90. The molecular weight excluding hydrogens is 1020 g/mol. The molecule has 0 aliphatic rings. The lowest BCUT2D eigenvalue weighted by Gasteiger charge is -2.12. The number of aliphatic hydroxyl groups is 2. The number of hydrogen-bond donors (Lipinski definition) is 3. The maximum Gasteiger partial charge on any atom is 0.373 e. The monoisotopic (exact) mass is 1080 g/mol. The van der Waals surface area contributed by atoms with Gasteiger partial charge in [0.25, 0.3) is 0 Å². The van der Waals surface area contributed by atoms with Crippen molar-refractivity contribution in [2.45, 2.75) is 79.3 Å². The number of nitrogen functional groups attached to an aromatic ring is 1. The molecule has 0 atom stereocenters. The van der Waals surface area contributed by atoms with Crippen molar-refractivity contribution in [3.63, 3.8) is 0 Å². The molecule has 3 heterocycles. The molecule has 70 heavy (non-hydrogen) atoms. The van der Waals surface area contributed by atoms with Gasteiger partial charge in [-0.2, -0.15) is 19.2 Å². The zero-order valence-electron chi connectivity index (χ0n) is 41.1. The summed E-state index contributed by atoms with van der Waals surface area (Å²) < 4.78 is 15.9. The van der Waals surface area contributed by atoms with Gasteiger partial charge in [-0.05, 0) is 186 Å². The summed E-state index contributed by atoms with van der Waals surface area (Å²) >= 11 is 7.06. The SMILES string of the molecule is COC(=O)c1cc(C)cc(-n2c(C)ccc2C)c1.COC(=O)c1cc(C)cc(N)c1.Cc1ccc(C)n1-c1cc(CBr)cc(CBr)c1.Cc1ccc(C)n1-c1cc(CO)cc(CO)c1.O=C=O.O=C=O. The zero-order valence-corrected chi connectivity index (χ0v) is 44.2. The molecule has 0 bridgehead atoms. The molecule has 7 rings (SSSR count). The number of aromatic nitrogens is 3. The van der Waals surface area contributed by atoms with Gasteiger partial charge in [0.15, 0.2) is 0 Å². The van der Waals surface area contributed by atoms with Gasteiger partial charge in [0.05, 0.1) is 38.6 Å². The van der Waals surface area contributed by atoms with Crippen molar-refractivity contribution >= 4 is 61.8 Å². The number of anilines is 1. The standard InChI is InChI=1S/C15H17NO2.C14H15Br2N.C14H17NO2.C9H11NO2.2CO2/c1-10-7-13(15(17)18-4)9-14(8-10)16-11(2)5-6-12(16)3;1-10-3-4-11(2)17(10)14-6-12(8-15)5-13(7-14)9-16;1-10-3-4-11(2)15(10)14-6-12(8-16)5-13(7-14)9-17;1-6-3-7(9(11)12-2)5-8(10)4-6;2*2-1-3/h5-9H,1-4H3;3-7H,8-9H2,1-2H3;3-7,16-17H,8-9H2,1-2H3;3-5H,10H2,1-2H3;;. The van der Waals surface area contributed by atoms with E-state index in [4.69, 9.17) is 29.6 Å². The fourth-order valence-electron chi connectivity index (χ4n) is 7.48. The van der Waals surface area contributed by atoms with E-state index in [2.05, 4.69) is 125 Å². The van der Waals surface area contributed by atoms with Crippen LogP contribution in [-0.2, 0) is 52.5 Å². The third-order valence-electron chi connectivity index (χ3n) is 10.3. The van der Waals surface area contributed by atoms with Crippen LogP contribution in [0.5, 0.6) is 0 Å². The van der Waals surface area contributed by atoms with Crippen LogP contribution in [-0.4, -0.2) is 62.4 Å². The Bertz CT molecular complexity index is 2670. The number of aliphatic hydroxyl groups excluding tert-OH is 2. The normalized spacial score (nSPS) is 9.80. The predicted molar refractivity (Wildman–Crippen MR) is 276 cm³/mol. The van der Waals surface area contributed by atoms with Gasteiger partial charge in [-0.1, -0.05) is 44.0 Å². The summed E-state index contributed by atoms with van der Waals surface area (Å²) in [5, 5.41) is 20.2. The molecule has 7 aromatic rings. The topological polar surface area (TPSA) is 202 Å². The predicted octanol–water partition coefficient (Wildman–Crippen LogP) is 10.3. The highest BCUT2D eigenvalue weighted by molar-refractivity contribution is 9.08. The Balaban J connectivity index is 0.000000310. The van der Waals surface area contributed by atoms with Crippen molar-refractivity contribution < 1.29 is 48.5 Å². The number of nitrogens with zero attached hydrogens (tertiary/aromatic N) is 3. The first kappa shape index (κ1) is 59.2. The Morgan fingerprint density at radius 3 is 1.06 bits per heavy atom. The van der Waals surface area contributed by atoms with Gasteiger partial charge in [0.1, 0.15) is 0 Å². The van der Waals surface area contributed by atoms with Gasteiger partial charge >= 0.3 is 24.2 Å². The average Bonchev–Trinajstić information content (AvgIpc) is 3.99. The number of carbonyl (C=O) groups is 2. The van der Waals surface area contributed by atoms with Crippen LogP contribution in [0, 0.1) is 55.4 Å². The summed E-state index contributed by atoms with van der Waals surface area (Å²) in [5.74, 6) is -0.659. The van der Waals surface area contributed by atoms with Crippen molar-refractivity contribution in [1.29, 1.82) is 0 Å². The lowest BCUT2D eigenvalue weighted by Crippen LogP contribution is -2.05. The van der Waals surface area contributed by atoms with Crippen molar-refractivity contribution in [2.75, 3.05) is 20.0 Å². The first-order valence-electron chi connectivity index (χ1n) is 21.5. The minimum absolute atomic E-state index is 0.0137. The number of rotatable bonds is 9. The number of hydrogen-bond acceptors (Lipinski definition) is 11. The Morgan fingerprint density at radius 1 is 0.471 bits per heavy atom. The van der Waals surface area contributed by atoms with E-state index in [0.717, 1.165) is 67.1 Å². The molecule has 16 heteroatoms. The summed E-state index contributed by atoms with van der Waals surface area (Å²) in [5.41, 5.74) is 23.8. The van der Waals surface area contributed by atoms with Crippen LogP contribution in [0.2, 0.25) is 0 Å². The Labute approximate surface area is 425 Å². The first-order valence-corrected chi connectivity index (χ1v) is 23.7. The van der Waals surface area contributed by atoms with E-state index in [9.17, 15) is 19.8 Å². The highest BCUT2D eigenvalue weighted by Gasteiger charge is 2.12. The fourth-order valence-corrected chi connectivity index (χ4v) is 8.13. The molecule has 0 amide bonds. The summed E-state index contributed by atoms with van der Waals surface area (Å²) in [7, 11) is 2.75. The molecule has 3 aromatic heterocycles. The number of esters is 2. The van der Waals surface area contributed by atoms with E-state index < -0.39 is 0 Å². The number of methoxy groups -OCH3 is 2. The number of ether oxygens (including phenoxy) is 2. The van der Waals surface area contributed by atoms with Gasteiger partial charge < -0.3 is 39.1 Å². The van der Waals surface area contributed by atoms with E-state index in [1.54, 1.807) is 18.2 Å². The second-order valence-electron chi connectivity index (χ2n) is 15.8. The summed E-state index contributed by atoms with van der Waals surface area (Å²) in [6.45, 7) is 16.3. The molecule has 370 valence electrons. The molecule has 0 spiro atoms. The molecule has 0 aliphatic carbocycles. The molecule has 0 saturated heterocycles. The van der Waals surface area contributed by atoms with Crippen molar-refractivity contribution in [1.82, 2.24) is 13.7 Å². The molecule has 0 unspecified atom stereocenters. The quantitative estimate of drug-likeness (QED) is 0.0705. The third kappa shape index (κ3) is 17.6. The fraction of sp³-hybridized carbons (Fsp3) is 0.259. The molecule has 0 fully saturated rings. The molecule has 0 saturated carbocycles. The number of carbonyl (C=O) groups excluding carboxylic acids is 6. The Kier molecular flexibility index (Phi) is 25.3. The van der Waals surface area contributed by atoms with Crippen LogP contribution >= 0.6 is 31.9 Å². The second kappa shape index (κ2) is 29.9. The van der Waals surface area contributed by atoms with E-state index >= 15 is 0 Å². The van der Waals surface area contributed by atoms with Crippen molar-refractivity contribution in [2.24, 2.45) is 0 Å². The summed E-state index contributed by atoms with van der Waals surface area (Å²) in [4.78, 5) is 55.2. The minimum Gasteiger partial charge on any atom is -0.465 e. The van der Waals surface area contributed by atoms with Crippen LogP contribution in [0.15, 0.2) is 109 Å². The van der Waals surface area contributed by atoms with Crippen LogP contribution in [0.25, 0.3) is 17.1 Å². The van der Waals surface area contributed by atoms with Gasteiger partial charge in [0.2, 0.25) is 0 Å². The number of nitrogens with two attached hydrogens (primary N) is 1. The smallest absolute Gasteiger partial charge is 0.373 e. The lowest BCUT2D eigenvalue weighted by atomic mass is 10.1. The van der Waals surface area contributed by atoms with E-state index in [0.29, 0.717) is 16.8 Å². The largest absolute Gasteiger partial charge is 0.465 e. The van der Waals surface area contributed by atoms with Gasteiger partial charge in [0, 0.05) is 67.6 Å². The minimum atomic E-state index is -0.356. The number of halogens is 2. The highest BCUT2D eigenvalue weighted by atomic mass is 79.9. The molecular formula is C54H60Br2N4O10. The lowest BCUT2D eigenvalue weighted by molar-refractivity contribution is -0.193. The second-order valence-corrected chi connectivity index (χ2v) is 16.9. The van der Waals surface area contributed by atoms with Crippen LogP contribution in [0.4, 0.5) is 5.69 Å². The molecule has 14 nitrogen and oxygen atoms in total. The third-order valence-corrected chi connectivity index (χ3v) is 11.6. The van der Waals surface area contributed by atoms with Gasteiger partial charge in [-0.15, -0.1) is 0 Å². The summed E-state index contributed by atoms with van der Waals surface area (Å²) in [6, 6.07) is 35.8. The number of benzene rings is 4. The first-order chi connectivity index (χ1) is 33.3. The molecule has 4 N–H and O–H groups in total. The van der Waals surface area contributed by atoms with Crippen molar-refractivity contribution in [3.8, 4) is 17.1 Å². The van der Waals surface area contributed by atoms with Crippen LogP contribution < -0.4 is 5.73 Å². The van der Waals surface area contributed by atoms with Crippen molar-refractivity contribution in [3.05, 3.63) is 188 Å². The summed E-state index contributed by atoms with van der Waals surface area (Å²) in [6.07, 6.45) is 0.500. The van der Waals surface area contributed by atoms with Crippen LogP contribution in [0.3, 0.4) is 0 Å². The molecule has 4 aromatic carbocycles. The molecule has 0 radical (unpaired) electrons. The van der Waals surface area contributed by atoms with Gasteiger partial charge in [-0.25, -0.2) is 9.59 Å². The highest BCUT2D eigenvalue weighted by Crippen LogP contribution is 2.24. The van der Waals surface area contributed by atoms with E-state index in [1.165, 1.54) is 42.4 Å². The molecule has 0 aliphatic heterocycles.